The number of phenolic OH excluding ortho intramolecular Hbond substituents is 1. The lowest BCUT2D eigenvalue weighted by molar-refractivity contribution is 0.0701. The van der Waals surface area contributed by atoms with Crippen molar-refractivity contribution >= 4 is 16.9 Å². The van der Waals surface area contributed by atoms with Gasteiger partial charge in [0.1, 0.15) is 11.6 Å². The summed E-state index contributed by atoms with van der Waals surface area (Å²) in [6.45, 7) is 1.29. The van der Waals surface area contributed by atoms with Crippen molar-refractivity contribution in [2.45, 2.75) is 25.2 Å². The van der Waals surface area contributed by atoms with Crippen molar-refractivity contribution < 1.29 is 9.90 Å². The first-order chi connectivity index (χ1) is 15.2. The number of carbonyl (C=O) groups is 1. The number of likely N-dealkylation sites (tertiary alicyclic amines) is 1. The Morgan fingerprint density at radius 3 is 2.68 bits per heavy atom. The molecule has 1 saturated heterocycles. The molecule has 0 saturated carbocycles. The monoisotopic (exact) mass is 411 g/mol. The Hall–Kier alpha value is -3.60. The molecule has 5 rings (SSSR count). The van der Waals surface area contributed by atoms with E-state index in [1.807, 2.05) is 59.5 Å². The maximum Gasteiger partial charge on any atom is 0.257 e. The Balaban J connectivity index is 1.36. The predicted octanol–water partition coefficient (Wildman–Crippen LogP) is 4.88. The number of nitrogens with one attached hydrogen (secondary N) is 1. The molecule has 1 aliphatic rings. The van der Waals surface area contributed by atoms with E-state index in [1.165, 1.54) is 5.56 Å². The van der Waals surface area contributed by atoms with E-state index in [0.29, 0.717) is 18.7 Å². The minimum atomic E-state index is -0.117. The highest BCUT2D eigenvalue weighted by atomic mass is 16.3. The molecule has 2 N–H and O–H groups in total. The molecule has 0 spiro atoms. The van der Waals surface area contributed by atoms with Crippen LogP contribution in [0.5, 0.6) is 5.75 Å². The Bertz CT molecular complexity index is 1180. The lowest BCUT2D eigenvalue weighted by Crippen LogP contribution is -2.39. The number of rotatable bonds is 4. The standard InChI is InChI=1S/C26H25N3O2/c30-24-13-12-19(15-18-7-2-1-3-8-18)16-21(24)26(31)29-14-6-9-20(17-29)25-27-22-10-4-5-11-23(22)28-25/h1-5,7-8,10-13,16,20,30H,6,9,14-15,17H2,(H,27,28). The first kappa shape index (κ1) is 19.4. The first-order valence-electron chi connectivity index (χ1n) is 10.8. The van der Waals surface area contributed by atoms with Crippen LogP contribution in [-0.4, -0.2) is 39.0 Å². The number of aromatic hydroxyl groups is 1. The van der Waals surface area contributed by atoms with Gasteiger partial charge in [0.2, 0.25) is 0 Å². The molecule has 1 aliphatic heterocycles. The molecule has 1 unspecified atom stereocenters. The van der Waals surface area contributed by atoms with Crippen LogP contribution in [0.1, 0.15) is 46.1 Å². The normalized spacial score (nSPS) is 16.5. The number of nitrogens with zero attached hydrogens (tertiary/aromatic N) is 2. The number of H-pyrrole nitrogens is 1. The number of phenols is 1. The molecule has 31 heavy (non-hydrogen) atoms. The molecular weight excluding hydrogens is 386 g/mol. The van der Waals surface area contributed by atoms with E-state index >= 15 is 0 Å². The van der Waals surface area contributed by atoms with E-state index in [4.69, 9.17) is 4.98 Å². The number of carbonyl (C=O) groups excluding carboxylic acids is 1. The minimum Gasteiger partial charge on any atom is -0.507 e. The van der Waals surface area contributed by atoms with Gasteiger partial charge in [-0.15, -0.1) is 0 Å². The second-order valence-electron chi connectivity index (χ2n) is 8.24. The Labute approximate surface area is 181 Å². The summed E-state index contributed by atoms with van der Waals surface area (Å²) in [5.74, 6) is 1.02. The van der Waals surface area contributed by atoms with Crippen molar-refractivity contribution in [3.05, 3.63) is 95.3 Å². The van der Waals surface area contributed by atoms with Crippen molar-refractivity contribution in [2.75, 3.05) is 13.1 Å². The predicted molar refractivity (Wildman–Crippen MR) is 121 cm³/mol. The molecule has 1 amide bonds. The molecule has 4 aromatic rings. The Morgan fingerprint density at radius 1 is 1.03 bits per heavy atom. The Morgan fingerprint density at radius 2 is 1.84 bits per heavy atom. The van der Waals surface area contributed by atoms with E-state index in [1.54, 1.807) is 6.07 Å². The van der Waals surface area contributed by atoms with E-state index in [2.05, 4.69) is 17.1 Å². The van der Waals surface area contributed by atoms with Crippen molar-refractivity contribution in [3.63, 3.8) is 0 Å². The number of hydrogen-bond donors (Lipinski definition) is 2. The third kappa shape index (κ3) is 4.04. The maximum atomic E-state index is 13.3. The molecule has 0 radical (unpaired) electrons. The SMILES string of the molecule is O=C(c1cc(Cc2ccccc2)ccc1O)N1CCCC(c2nc3ccccc3[nH]2)C1. The fraction of sp³-hybridized carbons (Fsp3) is 0.231. The molecule has 1 atom stereocenters. The molecule has 156 valence electrons. The van der Waals surface area contributed by atoms with Gasteiger partial charge in [-0.2, -0.15) is 0 Å². The van der Waals surface area contributed by atoms with Gasteiger partial charge in [0.05, 0.1) is 16.6 Å². The van der Waals surface area contributed by atoms with Gasteiger partial charge in [0.15, 0.2) is 0 Å². The number of benzene rings is 3. The lowest BCUT2D eigenvalue weighted by Gasteiger charge is -2.32. The zero-order valence-electron chi connectivity index (χ0n) is 17.3. The highest BCUT2D eigenvalue weighted by Crippen LogP contribution is 2.29. The smallest absolute Gasteiger partial charge is 0.257 e. The number of fused-ring (bicyclic) bond motifs is 1. The number of para-hydroxylation sites is 2. The van der Waals surface area contributed by atoms with E-state index in [9.17, 15) is 9.90 Å². The van der Waals surface area contributed by atoms with E-state index in [0.717, 1.165) is 41.7 Å². The maximum absolute atomic E-state index is 13.3. The molecule has 1 aromatic heterocycles. The zero-order chi connectivity index (χ0) is 21.2. The third-order valence-corrected chi connectivity index (χ3v) is 6.05. The summed E-state index contributed by atoms with van der Waals surface area (Å²) >= 11 is 0. The average molecular weight is 412 g/mol. The van der Waals surface area contributed by atoms with Gasteiger partial charge >= 0.3 is 0 Å². The summed E-state index contributed by atoms with van der Waals surface area (Å²) < 4.78 is 0. The molecule has 5 nitrogen and oxygen atoms in total. The second-order valence-corrected chi connectivity index (χ2v) is 8.24. The first-order valence-corrected chi connectivity index (χ1v) is 10.8. The quantitative estimate of drug-likeness (QED) is 0.503. The third-order valence-electron chi connectivity index (χ3n) is 6.05. The van der Waals surface area contributed by atoms with Crippen molar-refractivity contribution in [2.24, 2.45) is 0 Å². The van der Waals surface area contributed by atoms with Gasteiger partial charge < -0.3 is 15.0 Å². The number of amides is 1. The average Bonchev–Trinajstić information content (AvgIpc) is 3.25. The van der Waals surface area contributed by atoms with Crippen LogP contribution in [0.25, 0.3) is 11.0 Å². The van der Waals surface area contributed by atoms with Gasteiger partial charge in [-0.25, -0.2) is 4.98 Å². The van der Waals surface area contributed by atoms with E-state index in [-0.39, 0.29) is 17.6 Å². The molecule has 0 bridgehead atoms. The topological polar surface area (TPSA) is 69.2 Å². The highest BCUT2D eigenvalue weighted by molar-refractivity contribution is 5.97. The molecule has 2 heterocycles. The lowest BCUT2D eigenvalue weighted by atomic mass is 9.96. The summed E-state index contributed by atoms with van der Waals surface area (Å²) in [5, 5.41) is 10.4. The zero-order valence-corrected chi connectivity index (χ0v) is 17.3. The Kier molecular flexibility index (Phi) is 5.16. The van der Waals surface area contributed by atoms with E-state index < -0.39 is 0 Å². The number of hydrogen-bond acceptors (Lipinski definition) is 3. The van der Waals surface area contributed by atoms with Gasteiger partial charge in [-0.3, -0.25) is 4.79 Å². The van der Waals surface area contributed by atoms with Gasteiger partial charge in [-0.1, -0.05) is 48.5 Å². The van der Waals surface area contributed by atoms with Gasteiger partial charge in [-0.05, 0) is 54.7 Å². The van der Waals surface area contributed by atoms with Crippen LogP contribution in [0, 0.1) is 0 Å². The van der Waals surface area contributed by atoms with Crippen LogP contribution < -0.4 is 0 Å². The minimum absolute atomic E-state index is 0.0349. The number of piperidine rings is 1. The summed E-state index contributed by atoms with van der Waals surface area (Å²) in [7, 11) is 0. The highest BCUT2D eigenvalue weighted by Gasteiger charge is 2.28. The number of aromatic nitrogens is 2. The van der Waals surface area contributed by atoms with Gasteiger partial charge in [0.25, 0.3) is 5.91 Å². The van der Waals surface area contributed by atoms with Crippen LogP contribution >= 0.6 is 0 Å². The summed E-state index contributed by atoms with van der Waals surface area (Å²) in [5.41, 5.74) is 4.53. The number of imidazole rings is 1. The van der Waals surface area contributed by atoms with Crippen LogP contribution in [0.4, 0.5) is 0 Å². The molecule has 0 aliphatic carbocycles. The van der Waals surface area contributed by atoms with Crippen molar-refractivity contribution in [1.82, 2.24) is 14.9 Å². The second kappa shape index (κ2) is 8.26. The summed E-state index contributed by atoms with van der Waals surface area (Å²) in [6.07, 6.45) is 2.63. The number of aromatic amines is 1. The molecule has 5 heteroatoms. The molecule has 3 aromatic carbocycles. The summed E-state index contributed by atoms with van der Waals surface area (Å²) in [6, 6.07) is 23.5. The van der Waals surface area contributed by atoms with Crippen LogP contribution in [0.3, 0.4) is 0 Å². The molecule has 1 fully saturated rings. The summed E-state index contributed by atoms with van der Waals surface area (Å²) in [4.78, 5) is 23.3. The largest absolute Gasteiger partial charge is 0.507 e. The molecular formula is C26H25N3O2. The fourth-order valence-electron chi connectivity index (χ4n) is 4.42. The van der Waals surface area contributed by atoms with Crippen molar-refractivity contribution in [3.8, 4) is 5.75 Å². The fourth-order valence-corrected chi connectivity index (χ4v) is 4.42. The van der Waals surface area contributed by atoms with Crippen LogP contribution in [0.2, 0.25) is 0 Å². The van der Waals surface area contributed by atoms with Crippen molar-refractivity contribution in [1.29, 1.82) is 0 Å². The van der Waals surface area contributed by atoms with Crippen LogP contribution in [-0.2, 0) is 6.42 Å². The van der Waals surface area contributed by atoms with Gasteiger partial charge in [0, 0.05) is 19.0 Å². The van der Waals surface area contributed by atoms with Crippen LogP contribution in [0.15, 0.2) is 72.8 Å².